The molecule has 1 aliphatic carbocycles. The Morgan fingerprint density at radius 2 is 2.05 bits per heavy atom. The summed E-state index contributed by atoms with van der Waals surface area (Å²) in [5.74, 6) is -1.77. The van der Waals surface area contributed by atoms with Crippen molar-refractivity contribution >= 4 is 17.7 Å². The lowest BCUT2D eigenvalue weighted by Crippen LogP contribution is -2.31. The molecule has 0 N–H and O–H groups in total. The van der Waals surface area contributed by atoms with E-state index in [0.717, 1.165) is 6.42 Å². The van der Waals surface area contributed by atoms with Crippen LogP contribution in [0.1, 0.15) is 40.0 Å². The molecule has 1 saturated carbocycles. The van der Waals surface area contributed by atoms with Gasteiger partial charge >= 0.3 is 11.9 Å². The van der Waals surface area contributed by atoms with Crippen molar-refractivity contribution in [3.05, 3.63) is 0 Å². The first-order valence-corrected chi connectivity index (χ1v) is 7.35. The molecule has 1 heterocycles. The largest absolute Gasteiger partial charge is 0.465 e. The minimum atomic E-state index is -0.921. The maximum atomic E-state index is 12.3. The topological polar surface area (TPSA) is 69.7 Å². The van der Waals surface area contributed by atoms with Crippen molar-refractivity contribution in [1.82, 2.24) is 0 Å². The molecule has 0 amide bonds. The minimum absolute atomic E-state index is 0.0497. The summed E-state index contributed by atoms with van der Waals surface area (Å²) < 4.78 is 10.1. The van der Waals surface area contributed by atoms with E-state index >= 15 is 0 Å². The van der Waals surface area contributed by atoms with E-state index in [1.54, 1.807) is 6.92 Å². The van der Waals surface area contributed by atoms with Gasteiger partial charge in [-0.05, 0) is 31.6 Å². The first-order chi connectivity index (χ1) is 9.45. The molecule has 20 heavy (non-hydrogen) atoms. The Kier molecular flexibility index (Phi) is 4.45. The molecule has 1 saturated heterocycles. The molecule has 2 rings (SSSR count). The smallest absolute Gasteiger partial charge is 0.321 e. The molecular formula is C15H22O5. The third-order valence-electron chi connectivity index (χ3n) is 4.45. The van der Waals surface area contributed by atoms with Crippen molar-refractivity contribution in [3.63, 3.8) is 0 Å². The van der Waals surface area contributed by atoms with E-state index in [-0.39, 0.29) is 18.3 Å². The van der Waals surface area contributed by atoms with Crippen LogP contribution in [0.4, 0.5) is 0 Å². The highest BCUT2D eigenvalue weighted by Gasteiger charge is 2.53. The van der Waals surface area contributed by atoms with Crippen LogP contribution in [0, 0.1) is 23.7 Å². The highest BCUT2D eigenvalue weighted by molar-refractivity contribution is 6.00. The fraction of sp³-hybridized carbons (Fsp3) is 0.800. The zero-order valence-corrected chi connectivity index (χ0v) is 12.3. The normalized spacial score (nSPS) is 33.6. The highest BCUT2D eigenvalue weighted by atomic mass is 16.6. The number of ether oxygens (including phenoxy) is 2. The number of rotatable bonds is 3. The van der Waals surface area contributed by atoms with Crippen LogP contribution >= 0.6 is 0 Å². The molecule has 0 aromatic carbocycles. The maximum absolute atomic E-state index is 12.3. The second-order valence-electron chi connectivity index (χ2n) is 6.00. The summed E-state index contributed by atoms with van der Waals surface area (Å²) in [4.78, 5) is 36.0. The summed E-state index contributed by atoms with van der Waals surface area (Å²) >= 11 is 0. The number of carbonyl (C=O) groups is 3. The Balaban J connectivity index is 2.18. The summed E-state index contributed by atoms with van der Waals surface area (Å²) in [7, 11) is 0. The van der Waals surface area contributed by atoms with Gasteiger partial charge in [0.2, 0.25) is 0 Å². The number of fused-ring (bicyclic) bond motifs is 1. The summed E-state index contributed by atoms with van der Waals surface area (Å²) in [5.41, 5.74) is 0. The molecule has 4 atom stereocenters. The molecule has 2 fully saturated rings. The fourth-order valence-corrected chi connectivity index (χ4v) is 3.21. The van der Waals surface area contributed by atoms with E-state index in [1.165, 1.54) is 0 Å². The predicted molar refractivity (Wildman–Crippen MR) is 70.7 cm³/mol. The number of esters is 2. The van der Waals surface area contributed by atoms with Crippen molar-refractivity contribution in [1.29, 1.82) is 0 Å². The van der Waals surface area contributed by atoms with Crippen LogP contribution in [0.5, 0.6) is 0 Å². The maximum Gasteiger partial charge on any atom is 0.321 e. The van der Waals surface area contributed by atoms with Crippen LogP contribution in [-0.4, -0.2) is 30.4 Å². The van der Waals surface area contributed by atoms with Crippen LogP contribution in [-0.2, 0) is 23.9 Å². The molecule has 5 heteroatoms. The monoisotopic (exact) mass is 282 g/mol. The Labute approximate surface area is 119 Å². The van der Waals surface area contributed by atoms with Gasteiger partial charge in [-0.15, -0.1) is 0 Å². The lowest BCUT2D eigenvalue weighted by molar-refractivity contribution is -0.158. The van der Waals surface area contributed by atoms with Crippen LogP contribution < -0.4 is 0 Å². The average molecular weight is 282 g/mol. The minimum Gasteiger partial charge on any atom is -0.465 e. The van der Waals surface area contributed by atoms with Crippen LogP contribution in [0.2, 0.25) is 0 Å². The summed E-state index contributed by atoms with van der Waals surface area (Å²) in [6, 6.07) is 0. The van der Waals surface area contributed by atoms with Gasteiger partial charge in [-0.3, -0.25) is 14.4 Å². The van der Waals surface area contributed by atoms with Crippen LogP contribution in [0.25, 0.3) is 0 Å². The predicted octanol–water partition coefficient (Wildman–Crippen LogP) is 1.73. The molecule has 0 bridgehead atoms. The molecule has 4 unspecified atom stereocenters. The van der Waals surface area contributed by atoms with Gasteiger partial charge in [0.15, 0.2) is 17.8 Å². The molecule has 0 aromatic rings. The van der Waals surface area contributed by atoms with Gasteiger partial charge in [-0.25, -0.2) is 0 Å². The van der Waals surface area contributed by atoms with Gasteiger partial charge in [0.25, 0.3) is 0 Å². The molecule has 5 nitrogen and oxygen atoms in total. The third kappa shape index (κ3) is 2.72. The lowest BCUT2D eigenvalue weighted by atomic mass is 9.85. The Morgan fingerprint density at radius 1 is 1.35 bits per heavy atom. The SMILES string of the molecule is CCOC(=O)C1C(=O)OC2C(=O)CC(C(C)C)CCC21. The third-order valence-corrected chi connectivity index (χ3v) is 4.45. The van der Waals surface area contributed by atoms with E-state index in [4.69, 9.17) is 9.47 Å². The molecule has 0 aromatic heterocycles. The molecule has 112 valence electrons. The molecule has 1 aliphatic heterocycles. The van der Waals surface area contributed by atoms with E-state index in [2.05, 4.69) is 13.8 Å². The number of ketones is 1. The van der Waals surface area contributed by atoms with Gasteiger partial charge in [-0.1, -0.05) is 13.8 Å². The number of carbonyl (C=O) groups excluding carboxylic acids is 3. The van der Waals surface area contributed by atoms with Gasteiger partial charge in [0.05, 0.1) is 6.61 Å². The Hall–Kier alpha value is -1.39. The van der Waals surface area contributed by atoms with Crippen LogP contribution in [0.3, 0.4) is 0 Å². The van der Waals surface area contributed by atoms with Crippen molar-refractivity contribution in [2.45, 2.75) is 46.1 Å². The standard InChI is InChI=1S/C15H22O5/c1-4-19-14(17)12-10-6-5-9(8(2)3)7-11(16)13(10)20-15(12)18/h8-10,12-13H,4-7H2,1-3H3. The van der Waals surface area contributed by atoms with Crippen molar-refractivity contribution in [2.24, 2.45) is 23.7 Å². The van der Waals surface area contributed by atoms with Crippen molar-refractivity contribution in [3.8, 4) is 0 Å². The Bertz CT molecular complexity index is 414. The molecular weight excluding hydrogens is 260 g/mol. The molecule has 0 radical (unpaired) electrons. The van der Waals surface area contributed by atoms with E-state index < -0.39 is 24.0 Å². The Morgan fingerprint density at radius 3 is 2.65 bits per heavy atom. The molecule has 0 spiro atoms. The highest BCUT2D eigenvalue weighted by Crippen LogP contribution is 2.40. The number of hydrogen-bond donors (Lipinski definition) is 0. The van der Waals surface area contributed by atoms with Gasteiger partial charge in [-0.2, -0.15) is 0 Å². The van der Waals surface area contributed by atoms with Gasteiger partial charge < -0.3 is 9.47 Å². The van der Waals surface area contributed by atoms with Gasteiger partial charge in [0.1, 0.15) is 0 Å². The van der Waals surface area contributed by atoms with E-state index in [1.807, 2.05) is 0 Å². The van der Waals surface area contributed by atoms with Gasteiger partial charge in [0, 0.05) is 12.3 Å². The quantitative estimate of drug-likeness (QED) is 0.582. The average Bonchev–Trinajstić information content (AvgIpc) is 2.62. The molecule has 2 aliphatic rings. The zero-order chi connectivity index (χ0) is 14.9. The second kappa shape index (κ2) is 5.94. The first kappa shape index (κ1) is 15.0. The van der Waals surface area contributed by atoms with E-state index in [9.17, 15) is 14.4 Å². The number of hydrogen-bond acceptors (Lipinski definition) is 5. The first-order valence-electron chi connectivity index (χ1n) is 7.35. The van der Waals surface area contributed by atoms with Crippen LogP contribution in [0.15, 0.2) is 0 Å². The van der Waals surface area contributed by atoms with Crippen molar-refractivity contribution < 1.29 is 23.9 Å². The summed E-state index contributed by atoms with van der Waals surface area (Å²) in [6.45, 7) is 6.10. The number of Topliss-reactive ketones (excluding diaryl/α,β-unsaturated/α-hetero) is 1. The summed E-state index contributed by atoms with van der Waals surface area (Å²) in [5, 5.41) is 0. The van der Waals surface area contributed by atoms with E-state index in [0.29, 0.717) is 24.7 Å². The van der Waals surface area contributed by atoms with Crippen molar-refractivity contribution in [2.75, 3.05) is 6.61 Å². The lowest BCUT2D eigenvalue weighted by Gasteiger charge is -2.18. The fourth-order valence-electron chi connectivity index (χ4n) is 3.21. The zero-order valence-electron chi connectivity index (χ0n) is 12.3. The second-order valence-corrected chi connectivity index (χ2v) is 6.00. The summed E-state index contributed by atoms with van der Waals surface area (Å²) in [6.07, 6.45) is 1.19.